The molecule has 1 unspecified atom stereocenters. The molecule has 0 bridgehead atoms. The molecule has 0 heterocycles. The largest absolute Gasteiger partial charge is 0.495 e. The predicted octanol–water partition coefficient (Wildman–Crippen LogP) is 1.60. The van der Waals surface area contributed by atoms with Gasteiger partial charge in [0.05, 0.1) is 7.11 Å². The second-order valence-electron chi connectivity index (χ2n) is 2.14. The van der Waals surface area contributed by atoms with Crippen LogP contribution in [0.25, 0.3) is 0 Å². The molecule has 11 heavy (non-hydrogen) atoms. The van der Waals surface area contributed by atoms with Crippen LogP contribution in [0.1, 0.15) is 0 Å². The molecule has 0 aromatic carbocycles. The van der Waals surface area contributed by atoms with Crippen LogP contribution in [0.2, 0.25) is 0 Å². The number of hydrogen-bond acceptors (Lipinski definition) is 2. The van der Waals surface area contributed by atoms with Crippen molar-refractivity contribution in [3.05, 3.63) is 30.4 Å². The molecule has 1 atom stereocenters. The first-order valence-electron chi connectivity index (χ1n) is 3.24. The van der Waals surface area contributed by atoms with Gasteiger partial charge in [-0.25, -0.2) is 0 Å². The van der Waals surface area contributed by atoms with E-state index in [1.165, 1.54) is 26.4 Å². The third-order valence-electron chi connectivity index (χ3n) is 1.52. The molecular formula is C8H10FO2. The van der Waals surface area contributed by atoms with Crippen molar-refractivity contribution >= 4 is 0 Å². The number of allylic oxidation sites excluding steroid dienone is 2. The van der Waals surface area contributed by atoms with E-state index < -0.39 is 5.85 Å². The number of alkyl halides is 1. The van der Waals surface area contributed by atoms with Crippen molar-refractivity contribution in [2.24, 2.45) is 0 Å². The van der Waals surface area contributed by atoms with E-state index in [4.69, 9.17) is 4.74 Å². The van der Waals surface area contributed by atoms with Gasteiger partial charge in [-0.1, -0.05) is 6.08 Å². The third kappa shape index (κ3) is 1.43. The van der Waals surface area contributed by atoms with Gasteiger partial charge in [0.15, 0.2) is 5.76 Å². The van der Waals surface area contributed by atoms with Crippen LogP contribution in [0.4, 0.5) is 4.39 Å². The van der Waals surface area contributed by atoms with Crippen LogP contribution in [-0.4, -0.2) is 20.1 Å². The van der Waals surface area contributed by atoms with Gasteiger partial charge in [0.1, 0.15) is 0 Å². The standard InChI is InChI=1S/C8H10FO2/c1-10-7-5-3-4-6-8(7,9)11-2/h3-6H,1-2H3. The number of rotatable bonds is 2. The molecule has 2 nitrogen and oxygen atoms in total. The average molecular weight is 157 g/mol. The van der Waals surface area contributed by atoms with Gasteiger partial charge in [0, 0.05) is 13.5 Å². The van der Waals surface area contributed by atoms with Crippen molar-refractivity contribution in [1.29, 1.82) is 0 Å². The van der Waals surface area contributed by atoms with Crippen LogP contribution in [0, 0.1) is 6.42 Å². The molecule has 0 saturated heterocycles. The number of hydrogen-bond donors (Lipinski definition) is 0. The van der Waals surface area contributed by atoms with Gasteiger partial charge in [-0.15, -0.1) is 0 Å². The first-order valence-corrected chi connectivity index (χ1v) is 3.24. The van der Waals surface area contributed by atoms with E-state index >= 15 is 0 Å². The molecule has 61 valence electrons. The van der Waals surface area contributed by atoms with E-state index in [9.17, 15) is 4.39 Å². The van der Waals surface area contributed by atoms with E-state index in [0.29, 0.717) is 0 Å². The zero-order valence-electron chi connectivity index (χ0n) is 6.50. The van der Waals surface area contributed by atoms with Gasteiger partial charge in [-0.05, 0) is 12.2 Å². The van der Waals surface area contributed by atoms with Crippen molar-refractivity contribution in [3.63, 3.8) is 0 Å². The molecule has 0 spiro atoms. The number of methoxy groups -OCH3 is 2. The Kier molecular flexibility index (Phi) is 2.29. The topological polar surface area (TPSA) is 18.5 Å². The van der Waals surface area contributed by atoms with Gasteiger partial charge in [0.25, 0.3) is 5.85 Å². The molecule has 0 aromatic heterocycles. The summed E-state index contributed by atoms with van der Waals surface area (Å²) in [6.45, 7) is 0. The number of halogens is 1. The highest BCUT2D eigenvalue weighted by Crippen LogP contribution is 2.28. The van der Waals surface area contributed by atoms with Crippen molar-refractivity contribution < 1.29 is 13.9 Å². The molecule has 1 rings (SSSR count). The molecule has 0 aliphatic heterocycles. The fraction of sp³-hybridized carbons (Fsp3) is 0.375. The highest BCUT2D eigenvalue weighted by molar-refractivity contribution is 5.28. The fourth-order valence-corrected chi connectivity index (χ4v) is 0.894. The van der Waals surface area contributed by atoms with E-state index in [2.05, 4.69) is 4.74 Å². The average Bonchev–Trinajstić information content (AvgIpc) is 2.05. The summed E-state index contributed by atoms with van der Waals surface area (Å²) < 4.78 is 22.8. The summed E-state index contributed by atoms with van der Waals surface area (Å²) in [4.78, 5) is 0. The second kappa shape index (κ2) is 3.05. The first kappa shape index (κ1) is 8.27. The molecule has 1 aliphatic carbocycles. The van der Waals surface area contributed by atoms with Crippen LogP contribution in [0.5, 0.6) is 0 Å². The lowest BCUT2D eigenvalue weighted by Crippen LogP contribution is -2.28. The van der Waals surface area contributed by atoms with Gasteiger partial charge in [-0.2, -0.15) is 4.39 Å². The van der Waals surface area contributed by atoms with Crippen molar-refractivity contribution in [1.82, 2.24) is 0 Å². The summed E-state index contributed by atoms with van der Waals surface area (Å²) in [6, 6.07) is 0. The lowest BCUT2D eigenvalue weighted by atomic mass is 10.1. The number of ether oxygens (including phenoxy) is 2. The van der Waals surface area contributed by atoms with Crippen LogP contribution in [0.15, 0.2) is 24.0 Å². The Hall–Kier alpha value is -0.830. The fourth-order valence-electron chi connectivity index (χ4n) is 0.894. The highest BCUT2D eigenvalue weighted by Gasteiger charge is 2.33. The Labute approximate surface area is 65.3 Å². The van der Waals surface area contributed by atoms with Gasteiger partial charge in [0.2, 0.25) is 0 Å². The summed E-state index contributed by atoms with van der Waals surface area (Å²) in [7, 11) is 2.70. The van der Waals surface area contributed by atoms with Gasteiger partial charge >= 0.3 is 0 Å². The van der Waals surface area contributed by atoms with Crippen molar-refractivity contribution in [2.45, 2.75) is 5.85 Å². The van der Waals surface area contributed by atoms with E-state index in [1.807, 2.05) is 0 Å². The highest BCUT2D eigenvalue weighted by atomic mass is 19.2. The lowest BCUT2D eigenvalue weighted by molar-refractivity contribution is -0.0813. The molecule has 0 saturated carbocycles. The Bertz CT molecular complexity index is 198. The second-order valence-corrected chi connectivity index (χ2v) is 2.14. The molecule has 3 heteroatoms. The minimum Gasteiger partial charge on any atom is -0.495 e. The minimum atomic E-state index is -1.89. The monoisotopic (exact) mass is 157 g/mol. The molecule has 0 fully saturated rings. The summed E-state index contributed by atoms with van der Waals surface area (Å²) in [5.74, 6) is -1.72. The van der Waals surface area contributed by atoms with E-state index in [0.717, 1.165) is 0 Å². The Morgan fingerprint density at radius 1 is 1.45 bits per heavy atom. The summed E-state index contributed by atoms with van der Waals surface area (Å²) in [5, 5.41) is 0. The Morgan fingerprint density at radius 3 is 2.64 bits per heavy atom. The maximum Gasteiger partial charge on any atom is 0.286 e. The molecule has 0 aromatic rings. The van der Waals surface area contributed by atoms with E-state index in [1.54, 1.807) is 12.5 Å². The molecule has 1 aliphatic rings. The smallest absolute Gasteiger partial charge is 0.286 e. The Morgan fingerprint density at radius 2 is 2.18 bits per heavy atom. The SMILES string of the molecule is COC1=C[CH]C=CC1(F)OC. The van der Waals surface area contributed by atoms with E-state index in [-0.39, 0.29) is 5.76 Å². The summed E-state index contributed by atoms with van der Waals surface area (Å²) >= 11 is 0. The van der Waals surface area contributed by atoms with Crippen molar-refractivity contribution in [3.8, 4) is 0 Å². The van der Waals surface area contributed by atoms with Crippen LogP contribution in [0.3, 0.4) is 0 Å². The minimum absolute atomic E-state index is 0.169. The summed E-state index contributed by atoms with van der Waals surface area (Å²) in [5.41, 5.74) is 0. The maximum atomic E-state index is 13.4. The Balaban J connectivity index is 2.83. The molecule has 0 amide bonds. The third-order valence-corrected chi connectivity index (χ3v) is 1.52. The van der Waals surface area contributed by atoms with Crippen LogP contribution >= 0.6 is 0 Å². The lowest BCUT2D eigenvalue weighted by Gasteiger charge is -2.23. The normalized spacial score (nSPS) is 29.9. The van der Waals surface area contributed by atoms with Gasteiger partial charge < -0.3 is 9.47 Å². The van der Waals surface area contributed by atoms with Crippen molar-refractivity contribution in [2.75, 3.05) is 14.2 Å². The zero-order valence-corrected chi connectivity index (χ0v) is 6.50. The molecule has 0 N–H and O–H groups in total. The predicted molar refractivity (Wildman–Crippen MR) is 39.4 cm³/mol. The molecular weight excluding hydrogens is 147 g/mol. The summed E-state index contributed by atoms with van der Waals surface area (Å²) in [6.07, 6.45) is 6.09. The molecule has 1 radical (unpaired) electrons. The van der Waals surface area contributed by atoms with Crippen LogP contribution in [-0.2, 0) is 9.47 Å². The first-order chi connectivity index (χ1) is 5.23. The quantitative estimate of drug-likeness (QED) is 0.606. The maximum absolute atomic E-state index is 13.4. The van der Waals surface area contributed by atoms with Crippen LogP contribution < -0.4 is 0 Å². The van der Waals surface area contributed by atoms with Gasteiger partial charge in [-0.3, -0.25) is 0 Å². The zero-order chi connectivity index (χ0) is 8.32.